The SMILES string of the molecule is COC(CC[Si](OC)(OC)OC)C1CCC2OC2C1. The van der Waals surface area contributed by atoms with Gasteiger partial charge in [-0.2, -0.15) is 0 Å². The van der Waals surface area contributed by atoms with Gasteiger partial charge >= 0.3 is 8.80 Å². The third kappa shape index (κ3) is 3.56. The summed E-state index contributed by atoms with van der Waals surface area (Å²) in [6.07, 6.45) is 5.70. The molecule has 0 radical (unpaired) electrons. The van der Waals surface area contributed by atoms with Crippen molar-refractivity contribution < 1.29 is 22.8 Å². The Balaban J connectivity index is 1.84. The Morgan fingerprint density at radius 1 is 1.05 bits per heavy atom. The molecule has 6 heteroatoms. The first kappa shape index (κ1) is 15.4. The van der Waals surface area contributed by atoms with Crippen LogP contribution >= 0.6 is 0 Å². The molecular weight excluding hydrogens is 264 g/mol. The highest BCUT2D eigenvalue weighted by atomic mass is 28.4. The van der Waals surface area contributed by atoms with Gasteiger partial charge < -0.3 is 22.8 Å². The van der Waals surface area contributed by atoms with Crippen LogP contribution in [0.25, 0.3) is 0 Å². The van der Waals surface area contributed by atoms with E-state index in [9.17, 15) is 0 Å². The molecule has 0 spiro atoms. The lowest BCUT2D eigenvalue weighted by Crippen LogP contribution is -2.44. The molecule has 0 aromatic heterocycles. The van der Waals surface area contributed by atoms with Gasteiger partial charge in [-0.25, -0.2) is 0 Å². The van der Waals surface area contributed by atoms with Crippen LogP contribution in [0.15, 0.2) is 0 Å². The Morgan fingerprint density at radius 3 is 2.26 bits per heavy atom. The topological polar surface area (TPSA) is 49.5 Å². The molecule has 1 heterocycles. The number of fused-ring (bicyclic) bond motifs is 1. The van der Waals surface area contributed by atoms with Gasteiger partial charge in [0, 0.05) is 34.5 Å². The summed E-state index contributed by atoms with van der Waals surface area (Å²) in [5, 5.41) is 0. The van der Waals surface area contributed by atoms with Gasteiger partial charge in [0.25, 0.3) is 0 Å². The Kier molecular flexibility index (Phi) is 5.39. The van der Waals surface area contributed by atoms with Crippen molar-refractivity contribution in [1.29, 1.82) is 0 Å². The van der Waals surface area contributed by atoms with Crippen molar-refractivity contribution >= 4 is 8.80 Å². The van der Waals surface area contributed by atoms with Gasteiger partial charge in [-0.15, -0.1) is 0 Å². The third-order valence-electron chi connectivity index (χ3n) is 4.54. The van der Waals surface area contributed by atoms with Crippen molar-refractivity contribution in [3.63, 3.8) is 0 Å². The number of rotatable bonds is 8. The van der Waals surface area contributed by atoms with Gasteiger partial charge in [0.1, 0.15) is 0 Å². The molecule has 4 atom stereocenters. The molecule has 2 aliphatic rings. The van der Waals surface area contributed by atoms with E-state index in [0.717, 1.165) is 18.9 Å². The van der Waals surface area contributed by atoms with E-state index in [4.69, 9.17) is 22.8 Å². The van der Waals surface area contributed by atoms with Crippen molar-refractivity contribution in [2.45, 2.75) is 50.0 Å². The van der Waals surface area contributed by atoms with E-state index in [1.807, 2.05) is 0 Å². The van der Waals surface area contributed by atoms with Gasteiger partial charge in [0.15, 0.2) is 0 Å². The van der Waals surface area contributed by atoms with Crippen LogP contribution in [-0.4, -0.2) is 55.6 Å². The Labute approximate surface area is 116 Å². The summed E-state index contributed by atoms with van der Waals surface area (Å²) in [4.78, 5) is 0. The highest BCUT2D eigenvalue weighted by molar-refractivity contribution is 6.60. The van der Waals surface area contributed by atoms with Gasteiger partial charge in [-0.1, -0.05) is 0 Å². The first-order valence-corrected chi connectivity index (χ1v) is 8.95. The van der Waals surface area contributed by atoms with Crippen LogP contribution in [0.2, 0.25) is 6.04 Å². The average molecular weight is 290 g/mol. The van der Waals surface area contributed by atoms with Crippen LogP contribution in [0.5, 0.6) is 0 Å². The van der Waals surface area contributed by atoms with Crippen LogP contribution in [-0.2, 0) is 22.8 Å². The first-order valence-electron chi connectivity index (χ1n) is 7.01. The molecule has 112 valence electrons. The second kappa shape index (κ2) is 6.65. The van der Waals surface area contributed by atoms with E-state index in [1.54, 1.807) is 28.4 Å². The summed E-state index contributed by atoms with van der Waals surface area (Å²) in [6, 6.07) is 0.792. The molecule has 4 unspecified atom stereocenters. The predicted octanol–water partition coefficient (Wildman–Crippen LogP) is 1.84. The second-order valence-electron chi connectivity index (χ2n) is 5.39. The molecule has 0 aromatic rings. The molecule has 0 N–H and O–H groups in total. The lowest BCUT2D eigenvalue weighted by Gasteiger charge is -2.30. The number of hydrogen-bond acceptors (Lipinski definition) is 5. The number of hydrogen-bond donors (Lipinski definition) is 0. The van der Waals surface area contributed by atoms with Crippen molar-refractivity contribution in [3.8, 4) is 0 Å². The Morgan fingerprint density at radius 2 is 1.74 bits per heavy atom. The quantitative estimate of drug-likeness (QED) is 0.504. The molecule has 0 aromatic carbocycles. The smallest absolute Gasteiger partial charge is 0.381 e. The molecule has 1 aliphatic carbocycles. The zero-order valence-electron chi connectivity index (χ0n) is 12.4. The number of ether oxygens (including phenoxy) is 2. The lowest BCUT2D eigenvalue weighted by atomic mass is 9.84. The molecule has 0 bridgehead atoms. The first-order chi connectivity index (χ1) is 9.18. The minimum Gasteiger partial charge on any atom is -0.381 e. The summed E-state index contributed by atoms with van der Waals surface area (Å²) in [6.45, 7) is 0. The summed E-state index contributed by atoms with van der Waals surface area (Å²) in [5.41, 5.74) is 0. The highest BCUT2D eigenvalue weighted by Crippen LogP contribution is 2.42. The Bertz CT molecular complexity index is 276. The zero-order chi connectivity index (χ0) is 13.9. The zero-order valence-corrected chi connectivity index (χ0v) is 13.4. The predicted molar refractivity (Wildman–Crippen MR) is 73.0 cm³/mol. The minimum absolute atomic E-state index is 0.248. The number of epoxide rings is 1. The van der Waals surface area contributed by atoms with Crippen molar-refractivity contribution in [1.82, 2.24) is 0 Å². The molecule has 2 fully saturated rings. The van der Waals surface area contributed by atoms with E-state index in [1.165, 1.54) is 12.8 Å². The third-order valence-corrected chi connectivity index (χ3v) is 7.31. The molecule has 2 rings (SSSR count). The van der Waals surface area contributed by atoms with Crippen molar-refractivity contribution in [3.05, 3.63) is 0 Å². The monoisotopic (exact) mass is 290 g/mol. The highest BCUT2D eigenvalue weighted by Gasteiger charge is 2.46. The molecule has 1 saturated carbocycles. The van der Waals surface area contributed by atoms with E-state index < -0.39 is 8.80 Å². The fraction of sp³-hybridized carbons (Fsp3) is 1.00. The molecule has 0 amide bonds. The van der Waals surface area contributed by atoms with Crippen LogP contribution < -0.4 is 0 Å². The van der Waals surface area contributed by atoms with Crippen LogP contribution in [0.1, 0.15) is 25.7 Å². The van der Waals surface area contributed by atoms with E-state index in [-0.39, 0.29) is 6.10 Å². The second-order valence-corrected chi connectivity index (χ2v) is 8.49. The van der Waals surface area contributed by atoms with Gasteiger partial charge in [0.05, 0.1) is 18.3 Å². The summed E-state index contributed by atoms with van der Waals surface area (Å²) < 4.78 is 27.7. The van der Waals surface area contributed by atoms with Crippen molar-refractivity contribution in [2.75, 3.05) is 28.4 Å². The van der Waals surface area contributed by atoms with Gasteiger partial charge in [-0.05, 0) is 31.6 Å². The fourth-order valence-corrected chi connectivity index (χ4v) is 4.94. The van der Waals surface area contributed by atoms with E-state index >= 15 is 0 Å². The maximum Gasteiger partial charge on any atom is 0.500 e. The van der Waals surface area contributed by atoms with Crippen LogP contribution in [0.3, 0.4) is 0 Å². The largest absolute Gasteiger partial charge is 0.500 e. The van der Waals surface area contributed by atoms with Gasteiger partial charge in [0.2, 0.25) is 0 Å². The molecule has 1 aliphatic heterocycles. The standard InChI is InChI=1S/C13H26O5Si/c1-14-11(7-8-19(15-2,16-3)17-4)10-5-6-12-13(9-10)18-12/h10-13H,5-9H2,1-4H3. The van der Waals surface area contributed by atoms with Gasteiger partial charge in [-0.3, -0.25) is 0 Å². The minimum atomic E-state index is -2.48. The summed E-state index contributed by atoms with van der Waals surface area (Å²) in [7, 11) is 4.29. The molecule has 5 nitrogen and oxygen atoms in total. The number of methoxy groups -OCH3 is 1. The van der Waals surface area contributed by atoms with E-state index in [2.05, 4.69) is 0 Å². The molecular formula is C13H26O5Si. The fourth-order valence-electron chi connectivity index (χ4n) is 3.19. The van der Waals surface area contributed by atoms with E-state index in [0.29, 0.717) is 18.1 Å². The molecule has 19 heavy (non-hydrogen) atoms. The Hall–Kier alpha value is 0.0169. The van der Waals surface area contributed by atoms with Crippen LogP contribution in [0.4, 0.5) is 0 Å². The summed E-state index contributed by atoms with van der Waals surface area (Å²) in [5.74, 6) is 0.589. The lowest BCUT2D eigenvalue weighted by molar-refractivity contribution is 0.0308. The summed E-state index contributed by atoms with van der Waals surface area (Å²) >= 11 is 0. The average Bonchev–Trinajstić information content (AvgIpc) is 3.23. The normalized spacial score (nSPS) is 31.9. The van der Waals surface area contributed by atoms with Crippen LogP contribution in [0, 0.1) is 5.92 Å². The van der Waals surface area contributed by atoms with Crippen molar-refractivity contribution in [2.24, 2.45) is 5.92 Å². The molecule has 1 saturated heterocycles. The maximum atomic E-state index is 5.69. The maximum absolute atomic E-state index is 5.69.